The Labute approximate surface area is 216 Å². The van der Waals surface area contributed by atoms with Gasteiger partial charge in [0.15, 0.2) is 0 Å². The van der Waals surface area contributed by atoms with Crippen LogP contribution in [0.5, 0.6) is 0 Å². The van der Waals surface area contributed by atoms with Gasteiger partial charge in [0.1, 0.15) is 5.65 Å². The lowest BCUT2D eigenvalue weighted by atomic mass is 9.97. The average molecular weight is 492 g/mol. The first-order chi connectivity index (χ1) is 17.9. The maximum Gasteiger partial charge on any atom is 0.231 e. The number of carbonyl (C=O) groups excluding carboxylic acids is 1. The minimum absolute atomic E-state index is 0.0972. The molecule has 8 nitrogen and oxygen atoms in total. The van der Waals surface area contributed by atoms with Crippen LogP contribution in [0.15, 0.2) is 54.9 Å². The van der Waals surface area contributed by atoms with E-state index in [1.54, 1.807) is 4.90 Å². The Hall–Kier alpha value is -4.22. The molecule has 8 heteroatoms. The molecule has 0 aliphatic carbocycles. The molecule has 2 aromatic carbocycles. The van der Waals surface area contributed by atoms with Crippen LogP contribution < -0.4 is 9.80 Å². The number of nitriles is 1. The molecule has 0 N–H and O–H groups in total. The van der Waals surface area contributed by atoms with E-state index in [1.807, 2.05) is 49.8 Å². The summed E-state index contributed by atoms with van der Waals surface area (Å²) in [6, 6.07) is 16.5. The van der Waals surface area contributed by atoms with Crippen molar-refractivity contribution in [1.82, 2.24) is 19.3 Å². The highest BCUT2D eigenvalue weighted by molar-refractivity contribution is 6.02. The molecule has 1 amide bonds. The Kier molecular flexibility index (Phi) is 5.65. The van der Waals surface area contributed by atoms with Crippen molar-refractivity contribution < 1.29 is 4.79 Å². The summed E-state index contributed by atoms with van der Waals surface area (Å²) in [5.41, 5.74) is 7.04. The van der Waals surface area contributed by atoms with E-state index in [9.17, 15) is 10.1 Å². The second-order valence-corrected chi connectivity index (χ2v) is 10.1. The highest BCUT2D eigenvalue weighted by Crippen LogP contribution is 2.39. The molecule has 1 fully saturated rings. The molecule has 0 unspecified atom stereocenters. The number of imidazole rings is 1. The van der Waals surface area contributed by atoms with Crippen molar-refractivity contribution in [2.75, 3.05) is 44.0 Å². The van der Waals surface area contributed by atoms with Gasteiger partial charge in [-0.05, 0) is 62.3 Å². The van der Waals surface area contributed by atoms with Gasteiger partial charge in [-0.2, -0.15) is 5.26 Å². The number of fused-ring (bicyclic) bond motifs is 2. The van der Waals surface area contributed by atoms with Gasteiger partial charge < -0.3 is 14.7 Å². The number of hydrogen-bond acceptors (Lipinski definition) is 6. The first kappa shape index (κ1) is 23.2. The summed E-state index contributed by atoms with van der Waals surface area (Å²) in [7, 11) is 6.11. The van der Waals surface area contributed by atoms with Crippen LogP contribution in [0.2, 0.25) is 0 Å². The summed E-state index contributed by atoms with van der Waals surface area (Å²) in [5, 5.41) is 9.33. The van der Waals surface area contributed by atoms with E-state index in [0.29, 0.717) is 18.0 Å². The molecule has 0 spiro atoms. The zero-order chi connectivity index (χ0) is 25.7. The van der Waals surface area contributed by atoms with Crippen molar-refractivity contribution in [3.05, 3.63) is 66.0 Å². The second kappa shape index (κ2) is 9.02. The molecule has 2 aliphatic heterocycles. The van der Waals surface area contributed by atoms with Gasteiger partial charge in [0.2, 0.25) is 11.9 Å². The number of carbonyl (C=O) groups is 1. The number of piperidine rings is 1. The molecule has 0 radical (unpaired) electrons. The fraction of sp³-hybridized carbons (Fsp3) is 0.310. The average Bonchev–Trinajstić information content (AvgIpc) is 3.52. The minimum atomic E-state index is 0.0972. The highest BCUT2D eigenvalue weighted by Gasteiger charge is 2.28. The number of amides is 1. The van der Waals surface area contributed by atoms with Gasteiger partial charge in [0.25, 0.3) is 0 Å². The molecular weight excluding hydrogens is 462 g/mol. The SMILES string of the molecule is CN1C(=O)Cc2cc(-c3c(-c4ccc(C#N)cc4)nc(N4CCC(N(C)C)CC4)n4ccnc34)ccc21. The lowest BCUT2D eigenvalue weighted by molar-refractivity contribution is -0.117. The topological polar surface area (TPSA) is 80.8 Å². The van der Waals surface area contributed by atoms with Crippen molar-refractivity contribution in [1.29, 1.82) is 5.26 Å². The zero-order valence-electron chi connectivity index (χ0n) is 21.3. The number of hydrogen-bond donors (Lipinski definition) is 0. The number of benzene rings is 2. The molecule has 4 heterocycles. The van der Waals surface area contributed by atoms with Gasteiger partial charge in [-0.25, -0.2) is 9.97 Å². The van der Waals surface area contributed by atoms with E-state index >= 15 is 0 Å². The maximum absolute atomic E-state index is 12.3. The summed E-state index contributed by atoms with van der Waals surface area (Å²) in [5.74, 6) is 0.976. The Morgan fingerprint density at radius 3 is 2.49 bits per heavy atom. The van der Waals surface area contributed by atoms with Crippen molar-refractivity contribution in [3.8, 4) is 28.5 Å². The van der Waals surface area contributed by atoms with Crippen molar-refractivity contribution in [3.63, 3.8) is 0 Å². The molecule has 4 aromatic rings. The van der Waals surface area contributed by atoms with Crippen LogP contribution in [0.1, 0.15) is 24.0 Å². The lowest BCUT2D eigenvalue weighted by Crippen LogP contribution is -2.43. The third-order valence-corrected chi connectivity index (χ3v) is 7.74. The maximum atomic E-state index is 12.3. The standard InChI is InChI=1S/C29H29N7O/c1-33(2)23-10-13-35(14-11-23)29-32-27(20-6-4-19(18-30)5-7-20)26(28-31-12-15-36(28)29)21-8-9-24-22(16-21)17-25(37)34(24)3/h4-9,12,15-16,23H,10-11,13-14,17H2,1-3H3. The Morgan fingerprint density at radius 1 is 1.05 bits per heavy atom. The van der Waals surface area contributed by atoms with Gasteiger partial charge in [-0.15, -0.1) is 0 Å². The van der Waals surface area contributed by atoms with Crippen LogP contribution in [0.25, 0.3) is 28.0 Å². The number of nitrogens with zero attached hydrogens (tertiary/aromatic N) is 7. The predicted octanol–water partition coefficient (Wildman–Crippen LogP) is 3.98. The molecule has 2 aliphatic rings. The summed E-state index contributed by atoms with van der Waals surface area (Å²) in [4.78, 5) is 28.8. The summed E-state index contributed by atoms with van der Waals surface area (Å²) >= 11 is 0. The Morgan fingerprint density at radius 2 is 1.78 bits per heavy atom. The zero-order valence-corrected chi connectivity index (χ0v) is 21.3. The number of likely N-dealkylation sites (N-methyl/N-ethyl adjacent to an activating group) is 1. The third kappa shape index (κ3) is 3.92. The van der Waals surface area contributed by atoms with Crippen LogP contribution in [0, 0.1) is 11.3 Å². The minimum Gasteiger partial charge on any atom is -0.342 e. The van der Waals surface area contributed by atoms with E-state index < -0.39 is 0 Å². The smallest absolute Gasteiger partial charge is 0.231 e. The monoisotopic (exact) mass is 491 g/mol. The quantitative estimate of drug-likeness (QED) is 0.430. The van der Waals surface area contributed by atoms with Gasteiger partial charge in [0, 0.05) is 49.8 Å². The number of rotatable bonds is 4. The Balaban J connectivity index is 1.53. The van der Waals surface area contributed by atoms with Crippen molar-refractivity contribution >= 4 is 23.2 Å². The highest BCUT2D eigenvalue weighted by atomic mass is 16.2. The fourth-order valence-corrected chi connectivity index (χ4v) is 5.57. The van der Waals surface area contributed by atoms with E-state index in [-0.39, 0.29) is 5.91 Å². The molecule has 0 saturated carbocycles. The third-order valence-electron chi connectivity index (χ3n) is 7.74. The molecule has 186 valence electrons. The van der Waals surface area contributed by atoms with Gasteiger partial charge in [0.05, 0.1) is 29.3 Å². The molecule has 37 heavy (non-hydrogen) atoms. The van der Waals surface area contributed by atoms with Crippen LogP contribution >= 0.6 is 0 Å². The molecular formula is C29H29N7O. The Bertz CT molecular complexity index is 1540. The molecule has 6 rings (SSSR count). The number of aromatic nitrogens is 3. The first-order valence-corrected chi connectivity index (χ1v) is 12.6. The normalized spacial score (nSPS) is 16.0. The first-order valence-electron chi connectivity index (χ1n) is 12.6. The van der Waals surface area contributed by atoms with E-state index in [1.165, 1.54) is 0 Å². The lowest BCUT2D eigenvalue weighted by Gasteiger charge is -2.36. The van der Waals surface area contributed by atoms with E-state index in [2.05, 4.69) is 46.5 Å². The van der Waals surface area contributed by atoms with Crippen LogP contribution in [-0.2, 0) is 11.2 Å². The van der Waals surface area contributed by atoms with Crippen LogP contribution in [0.4, 0.5) is 11.6 Å². The van der Waals surface area contributed by atoms with Gasteiger partial charge >= 0.3 is 0 Å². The second-order valence-electron chi connectivity index (χ2n) is 10.1. The van der Waals surface area contributed by atoms with Crippen molar-refractivity contribution in [2.45, 2.75) is 25.3 Å². The molecule has 2 aromatic heterocycles. The molecule has 0 atom stereocenters. The van der Waals surface area contributed by atoms with Gasteiger partial charge in [-0.1, -0.05) is 18.2 Å². The van der Waals surface area contributed by atoms with Crippen LogP contribution in [0.3, 0.4) is 0 Å². The van der Waals surface area contributed by atoms with E-state index in [0.717, 1.165) is 71.2 Å². The summed E-state index contributed by atoms with van der Waals surface area (Å²) in [6.45, 7) is 1.84. The van der Waals surface area contributed by atoms with Crippen molar-refractivity contribution in [2.24, 2.45) is 0 Å². The number of anilines is 2. The molecule has 0 bridgehead atoms. The van der Waals surface area contributed by atoms with Gasteiger partial charge in [-0.3, -0.25) is 9.20 Å². The van der Waals surface area contributed by atoms with Crippen LogP contribution in [-0.4, -0.2) is 65.5 Å². The predicted molar refractivity (Wildman–Crippen MR) is 145 cm³/mol. The molecule has 1 saturated heterocycles. The summed E-state index contributed by atoms with van der Waals surface area (Å²) in [6.07, 6.45) is 6.34. The summed E-state index contributed by atoms with van der Waals surface area (Å²) < 4.78 is 2.09. The van der Waals surface area contributed by atoms with E-state index in [4.69, 9.17) is 9.97 Å². The fourth-order valence-electron chi connectivity index (χ4n) is 5.57. The largest absolute Gasteiger partial charge is 0.342 e.